The molecule has 2 N–H and O–H groups in total. The van der Waals surface area contributed by atoms with Crippen LogP contribution < -0.4 is 0 Å². The fraction of sp³-hybridized carbons (Fsp3) is 0.333. The van der Waals surface area contributed by atoms with Crippen LogP contribution in [-0.2, 0) is 38.3 Å². The molecule has 3 aromatic carbocycles. The number of carbonyl (C=O) groups is 2. The first-order valence-electron chi connectivity index (χ1n) is 14.0. The van der Waals surface area contributed by atoms with E-state index < -0.39 is 17.7 Å². The Morgan fingerprint density at radius 3 is 1.73 bits per heavy atom. The lowest BCUT2D eigenvalue weighted by atomic mass is 9.96. The molecule has 41 heavy (non-hydrogen) atoms. The zero-order valence-electron chi connectivity index (χ0n) is 23.0. The van der Waals surface area contributed by atoms with Crippen molar-refractivity contribution in [2.45, 2.75) is 37.5 Å². The molecule has 0 spiro atoms. The molecular formula is C33H36N2O6. The van der Waals surface area contributed by atoms with Crippen molar-refractivity contribution in [1.29, 1.82) is 0 Å². The van der Waals surface area contributed by atoms with Gasteiger partial charge in [-0.25, -0.2) is 0 Å². The van der Waals surface area contributed by atoms with Gasteiger partial charge >= 0.3 is 0 Å². The average molecular weight is 557 g/mol. The molecule has 0 radical (unpaired) electrons. The topological polar surface area (TPSA) is 99.5 Å². The predicted molar refractivity (Wildman–Crippen MR) is 153 cm³/mol. The quantitative estimate of drug-likeness (QED) is 0.372. The number of carbonyl (C=O) groups excluding carboxylic acids is 2. The van der Waals surface area contributed by atoms with Crippen molar-refractivity contribution in [1.82, 2.24) is 9.80 Å². The first kappa shape index (κ1) is 28.7. The summed E-state index contributed by atoms with van der Waals surface area (Å²) in [6.07, 6.45) is 4.09. The lowest BCUT2D eigenvalue weighted by Gasteiger charge is -2.34. The Kier molecular flexibility index (Phi) is 8.95. The Bertz CT molecular complexity index is 1340. The number of aliphatic hydroxyl groups is 2. The Hall–Kier alpha value is -3.82. The summed E-state index contributed by atoms with van der Waals surface area (Å²) >= 11 is 0. The van der Waals surface area contributed by atoms with Gasteiger partial charge in [0.05, 0.1) is 19.1 Å². The van der Waals surface area contributed by atoms with Crippen LogP contribution in [0.2, 0.25) is 0 Å². The number of amides is 2. The highest BCUT2D eigenvalue weighted by molar-refractivity contribution is 5.82. The van der Waals surface area contributed by atoms with E-state index >= 15 is 0 Å². The summed E-state index contributed by atoms with van der Waals surface area (Å²) in [6, 6.07) is 28.4. The molecule has 0 unspecified atom stereocenters. The smallest absolute Gasteiger partial charge is 0.255 e. The number of benzene rings is 3. The first-order chi connectivity index (χ1) is 19.9. The number of hydrogen-bond donors (Lipinski definition) is 2. The summed E-state index contributed by atoms with van der Waals surface area (Å²) in [5, 5.41) is 22.5. The van der Waals surface area contributed by atoms with Crippen molar-refractivity contribution < 1.29 is 29.3 Å². The molecule has 8 nitrogen and oxygen atoms in total. The van der Waals surface area contributed by atoms with Crippen LogP contribution in [0, 0.1) is 5.92 Å². The molecule has 2 aliphatic rings. The van der Waals surface area contributed by atoms with Crippen molar-refractivity contribution in [2.24, 2.45) is 5.92 Å². The molecule has 2 aliphatic heterocycles. The predicted octanol–water partition coefficient (Wildman–Crippen LogP) is 3.29. The molecule has 214 valence electrons. The minimum Gasteiger partial charge on any atom is -0.348 e. The van der Waals surface area contributed by atoms with Gasteiger partial charge in [0.1, 0.15) is 0 Å². The molecule has 3 atom stereocenters. The molecule has 2 heterocycles. The van der Waals surface area contributed by atoms with Gasteiger partial charge in [0.15, 0.2) is 0 Å². The highest BCUT2D eigenvalue weighted by Crippen LogP contribution is 2.29. The fourth-order valence-electron chi connectivity index (χ4n) is 5.47. The monoisotopic (exact) mass is 556 g/mol. The molecule has 0 aliphatic carbocycles. The Labute approximate surface area is 240 Å². The lowest BCUT2D eigenvalue weighted by Crippen LogP contribution is -2.52. The second kappa shape index (κ2) is 12.8. The van der Waals surface area contributed by atoms with E-state index in [4.69, 9.17) is 9.47 Å². The minimum absolute atomic E-state index is 0.0101. The maximum absolute atomic E-state index is 13.9. The fourth-order valence-corrected chi connectivity index (χ4v) is 5.47. The van der Waals surface area contributed by atoms with E-state index in [0.717, 1.165) is 16.7 Å². The normalized spacial score (nSPS) is 23.3. The number of rotatable bonds is 10. The maximum Gasteiger partial charge on any atom is 0.255 e. The summed E-state index contributed by atoms with van der Waals surface area (Å²) in [6.45, 7) is 1.00. The maximum atomic E-state index is 13.9. The van der Waals surface area contributed by atoms with Crippen LogP contribution in [0.3, 0.4) is 0 Å². The second-order valence-electron chi connectivity index (χ2n) is 10.5. The van der Waals surface area contributed by atoms with Gasteiger partial charge in [-0.05, 0) is 23.1 Å². The van der Waals surface area contributed by atoms with Crippen LogP contribution >= 0.6 is 0 Å². The SMILES string of the molecule is O=C(C/C=C/[C@H](Cc1ccccc1)C(=O)N1CCO[C@@]1(O)Cc1ccccc1)N1CCO[C@@]1(O)Cc1ccccc1. The van der Waals surface area contributed by atoms with Crippen LogP contribution in [-0.4, -0.2) is 70.0 Å². The van der Waals surface area contributed by atoms with Gasteiger partial charge in [0.25, 0.3) is 11.8 Å². The minimum atomic E-state index is -1.75. The third kappa shape index (κ3) is 6.92. The van der Waals surface area contributed by atoms with Gasteiger partial charge in [-0.1, -0.05) is 103 Å². The van der Waals surface area contributed by atoms with Gasteiger partial charge in [-0.2, -0.15) is 0 Å². The highest BCUT2D eigenvalue weighted by Gasteiger charge is 2.45. The van der Waals surface area contributed by atoms with Gasteiger partial charge in [0, 0.05) is 32.4 Å². The van der Waals surface area contributed by atoms with Gasteiger partial charge in [0.2, 0.25) is 11.8 Å². The Morgan fingerprint density at radius 2 is 1.20 bits per heavy atom. The number of ether oxygens (including phenoxy) is 2. The summed E-state index contributed by atoms with van der Waals surface area (Å²) in [5.74, 6) is -4.68. The molecule has 2 saturated heterocycles. The summed E-state index contributed by atoms with van der Waals surface area (Å²) in [7, 11) is 0. The summed E-state index contributed by atoms with van der Waals surface area (Å²) in [5.41, 5.74) is 2.67. The molecule has 0 saturated carbocycles. The van der Waals surface area contributed by atoms with E-state index in [1.54, 1.807) is 12.2 Å². The van der Waals surface area contributed by atoms with Gasteiger partial charge in [-0.3, -0.25) is 19.4 Å². The van der Waals surface area contributed by atoms with E-state index in [9.17, 15) is 19.8 Å². The standard InChI is InChI=1S/C33H36N2O6/c36-30(34-19-21-40-32(34,38)24-27-13-6-2-7-14-27)18-10-17-29(23-26-11-4-1-5-12-26)31(37)35-20-22-41-33(35,39)25-28-15-8-3-9-16-28/h1-17,29,38-39H,18-25H2/b17-10+/t29-,32+,33+/m1/s1. The molecule has 5 rings (SSSR count). The van der Waals surface area contributed by atoms with Crippen molar-refractivity contribution in [3.8, 4) is 0 Å². The largest absolute Gasteiger partial charge is 0.348 e. The Balaban J connectivity index is 1.30. The van der Waals surface area contributed by atoms with Crippen LogP contribution in [0.4, 0.5) is 0 Å². The molecule has 3 aromatic rings. The third-order valence-corrected chi connectivity index (χ3v) is 7.54. The van der Waals surface area contributed by atoms with E-state index in [1.807, 2.05) is 91.0 Å². The third-order valence-electron chi connectivity index (χ3n) is 7.54. The Morgan fingerprint density at radius 1 is 0.732 bits per heavy atom. The van der Waals surface area contributed by atoms with Crippen molar-refractivity contribution in [3.63, 3.8) is 0 Å². The van der Waals surface area contributed by atoms with E-state index in [1.165, 1.54) is 9.80 Å². The average Bonchev–Trinajstić information content (AvgIpc) is 3.55. The van der Waals surface area contributed by atoms with Crippen LogP contribution in [0.1, 0.15) is 23.1 Å². The van der Waals surface area contributed by atoms with Crippen molar-refractivity contribution in [2.75, 3.05) is 26.3 Å². The van der Waals surface area contributed by atoms with E-state index in [2.05, 4.69) is 0 Å². The van der Waals surface area contributed by atoms with E-state index in [-0.39, 0.29) is 57.4 Å². The number of nitrogens with zero attached hydrogens (tertiary/aromatic N) is 2. The zero-order chi connectivity index (χ0) is 28.7. The van der Waals surface area contributed by atoms with Crippen molar-refractivity contribution in [3.05, 3.63) is 120 Å². The van der Waals surface area contributed by atoms with Gasteiger partial charge < -0.3 is 19.7 Å². The second-order valence-corrected chi connectivity index (χ2v) is 10.5. The van der Waals surface area contributed by atoms with Crippen LogP contribution in [0.25, 0.3) is 0 Å². The summed E-state index contributed by atoms with van der Waals surface area (Å²) < 4.78 is 11.3. The van der Waals surface area contributed by atoms with Gasteiger partial charge in [-0.15, -0.1) is 0 Å². The molecule has 0 aromatic heterocycles. The van der Waals surface area contributed by atoms with Crippen LogP contribution in [0.15, 0.2) is 103 Å². The molecule has 2 amide bonds. The van der Waals surface area contributed by atoms with E-state index in [0.29, 0.717) is 6.42 Å². The number of hydrogen-bond acceptors (Lipinski definition) is 6. The lowest BCUT2D eigenvalue weighted by molar-refractivity contribution is -0.241. The zero-order valence-corrected chi connectivity index (χ0v) is 23.0. The molecular weight excluding hydrogens is 520 g/mol. The molecule has 2 fully saturated rings. The first-order valence-corrected chi connectivity index (χ1v) is 14.0. The molecule has 0 bridgehead atoms. The van der Waals surface area contributed by atoms with Crippen molar-refractivity contribution >= 4 is 11.8 Å². The molecule has 8 heteroatoms. The van der Waals surface area contributed by atoms with Crippen LogP contribution in [0.5, 0.6) is 0 Å². The highest BCUT2D eigenvalue weighted by atomic mass is 16.7. The summed E-state index contributed by atoms with van der Waals surface area (Å²) in [4.78, 5) is 29.8.